The average Bonchev–Trinajstić information content (AvgIpc) is 2.70. The lowest BCUT2D eigenvalue weighted by molar-refractivity contribution is 0.0962. The molecule has 0 aliphatic heterocycles. The van der Waals surface area contributed by atoms with Crippen LogP contribution >= 0.6 is 22.6 Å². The summed E-state index contributed by atoms with van der Waals surface area (Å²) in [6.07, 6.45) is 1.49. The van der Waals surface area contributed by atoms with Gasteiger partial charge in [-0.25, -0.2) is 0 Å². The van der Waals surface area contributed by atoms with E-state index in [4.69, 9.17) is 0 Å². The maximum Gasteiger partial charge on any atom is 0.198 e. The summed E-state index contributed by atoms with van der Waals surface area (Å²) in [7, 11) is 0. The van der Waals surface area contributed by atoms with Crippen LogP contribution in [0.4, 0.5) is 5.69 Å². The topological polar surface area (TPSA) is 46.2 Å². The highest BCUT2D eigenvalue weighted by Crippen LogP contribution is 2.17. The molecular formula is C22H16INO2. The second-order valence-corrected chi connectivity index (χ2v) is 6.85. The lowest BCUT2D eigenvalue weighted by atomic mass is 9.96. The number of hydrogen-bond acceptors (Lipinski definition) is 3. The van der Waals surface area contributed by atoms with Crippen LogP contribution in [0.1, 0.15) is 20.7 Å². The first-order valence-corrected chi connectivity index (χ1v) is 9.15. The molecule has 0 saturated carbocycles. The Morgan fingerprint density at radius 1 is 0.692 bits per heavy atom. The summed E-state index contributed by atoms with van der Waals surface area (Å²) in [6, 6.07) is 25.3. The molecule has 3 nitrogen and oxygen atoms in total. The molecule has 3 aromatic carbocycles. The fourth-order valence-corrected chi connectivity index (χ4v) is 2.79. The first-order valence-electron chi connectivity index (χ1n) is 8.07. The second-order valence-electron chi connectivity index (χ2n) is 5.60. The van der Waals surface area contributed by atoms with Crippen LogP contribution in [-0.4, -0.2) is 11.6 Å². The summed E-state index contributed by atoms with van der Waals surface area (Å²) in [5.41, 5.74) is 1.87. The summed E-state index contributed by atoms with van der Waals surface area (Å²) in [6.45, 7) is 0. The van der Waals surface area contributed by atoms with Gasteiger partial charge in [-0.15, -0.1) is 0 Å². The minimum Gasteiger partial charge on any atom is -0.361 e. The maximum atomic E-state index is 12.9. The molecule has 128 valence electrons. The number of carbonyl (C=O) groups is 2. The van der Waals surface area contributed by atoms with Gasteiger partial charge < -0.3 is 5.32 Å². The molecule has 0 radical (unpaired) electrons. The van der Waals surface area contributed by atoms with Crippen LogP contribution in [0.15, 0.2) is 96.7 Å². The standard InChI is InChI=1S/C22H16INO2/c23-18-11-13-19(14-12-18)24-15-20(21(25)16-7-3-1-4-8-16)22(26)17-9-5-2-6-10-17/h1-15,24H. The highest BCUT2D eigenvalue weighted by Gasteiger charge is 2.21. The third kappa shape index (κ3) is 4.46. The van der Waals surface area contributed by atoms with Gasteiger partial charge in [-0.2, -0.15) is 0 Å². The molecule has 0 spiro atoms. The molecule has 0 aliphatic carbocycles. The van der Waals surface area contributed by atoms with Gasteiger partial charge in [0.2, 0.25) is 0 Å². The quantitative estimate of drug-likeness (QED) is 0.180. The van der Waals surface area contributed by atoms with Crippen molar-refractivity contribution in [3.63, 3.8) is 0 Å². The van der Waals surface area contributed by atoms with Gasteiger partial charge in [-0.1, -0.05) is 60.7 Å². The molecule has 0 atom stereocenters. The van der Waals surface area contributed by atoms with Gasteiger partial charge in [-0.05, 0) is 46.9 Å². The van der Waals surface area contributed by atoms with Crippen molar-refractivity contribution in [2.75, 3.05) is 5.32 Å². The SMILES string of the molecule is O=C(C(=CNc1ccc(I)cc1)C(=O)c1ccccc1)c1ccccc1. The Bertz CT molecular complexity index is 879. The largest absolute Gasteiger partial charge is 0.361 e. The smallest absolute Gasteiger partial charge is 0.198 e. The third-order valence-corrected chi connectivity index (χ3v) is 4.51. The van der Waals surface area contributed by atoms with Gasteiger partial charge in [0.15, 0.2) is 11.6 Å². The molecule has 4 heteroatoms. The zero-order chi connectivity index (χ0) is 18.4. The highest BCUT2D eigenvalue weighted by atomic mass is 127. The van der Waals surface area contributed by atoms with Crippen molar-refractivity contribution in [1.82, 2.24) is 0 Å². The van der Waals surface area contributed by atoms with E-state index in [9.17, 15) is 9.59 Å². The van der Waals surface area contributed by atoms with Crippen molar-refractivity contribution >= 4 is 39.8 Å². The fraction of sp³-hybridized carbons (Fsp3) is 0. The van der Waals surface area contributed by atoms with E-state index < -0.39 is 0 Å². The molecule has 26 heavy (non-hydrogen) atoms. The van der Waals surface area contributed by atoms with Crippen molar-refractivity contribution in [3.05, 3.63) is 111 Å². The van der Waals surface area contributed by atoms with E-state index in [1.807, 2.05) is 36.4 Å². The molecule has 1 N–H and O–H groups in total. The molecule has 0 aliphatic rings. The van der Waals surface area contributed by atoms with Gasteiger partial charge in [0.25, 0.3) is 0 Å². The minimum atomic E-state index is -0.308. The molecule has 0 unspecified atom stereocenters. The van der Waals surface area contributed by atoms with Crippen molar-refractivity contribution in [1.29, 1.82) is 0 Å². The molecule has 0 aromatic heterocycles. The molecule has 0 fully saturated rings. The Labute approximate surface area is 165 Å². The molecule has 0 amide bonds. The van der Waals surface area contributed by atoms with Gasteiger partial charge in [-0.3, -0.25) is 9.59 Å². The molecule has 0 heterocycles. The lowest BCUT2D eigenvalue weighted by Crippen LogP contribution is -2.15. The number of allylic oxidation sites excluding steroid dienone is 1. The van der Waals surface area contributed by atoms with Crippen LogP contribution in [0, 0.1) is 3.57 Å². The number of halogens is 1. The number of nitrogens with one attached hydrogen (secondary N) is 1. The number of rotatable bonds is 6. The molecular weight excluding hydrogens is 437 g/mol. The van der Waals surface area contributed by atoms with Crippen LogP contribution in [0.2, 0.25) is 0 Å². The van der Waals surface area contributed by atoms with E-state index in [1.165, 1.54) is 6.20 Å². The predicted molar refractivity (Wildman–Crippen MR) is 112 cm³/mol. The number of anilines is 1. The first kappa shape index (κ1) is 18.1. The summed E-state index contributed by atoms with van der Waals surface area (Å²) < 4.78 is 1.11. The monoisotopic (exact) mass is 453 g/mol. The minimum absolute atomic E-state index is 0.0981. The van der Waals surface area contributed by atoms with Crippen LogP contribution in [0.5, 0.6) is 0 Å². The molecule has 0 saturated heterocycles. The fourth-order valence-electron chi connectivity index (χ4n) is 2.43. The van der Waals surface area contributed by atoms with Crippen molar-refractivity contribution < 1.29 is 9.59 Å². The van der Waals surface area contributed by atoms with E-state index in [-0.39, 0.29) is 17.1 Å². The van der Waals surface area contributed by atoms with Crippen LogP contribution in [-0.2, 0) is 0 Å². The zero-order valence-electron chi connectivity index (χ0n) is 13.9. The van der Waals surface area contributed by atoms with Crippen LogP contribution in [0.3, 0.4) is 0 Å². The molecule has 3 aromatic rings. The summed E-state index contributed by atoms with van der Waals surface area (Å²) >= 11 is 2.22. The third-order valence-electron chi connectivity index (χ3n) is 3.79. The number of ketones is 2. The average molecular weight is 453 g/mol. The van der Waals surface area contributed by atoms with E-state index in [1.54, 1.807) is 48.5 Å². The van der Waals surface area contributed by atoms with Gasteiger partial charge in [0.1, 0.15) is 0 Å². The van der Waals surface area contributed by atoms with Gasteiger partial charge in [0, 0.05) is 26.6 Å². The summed E-state index contributed by atoms with van der Waals surface area (Å²) in [5.74, 6) is -0.616. The van der Waals surface area contributed by atoms with Gasteiger partial charge >= 0.3 is 0 Å². The highest BCUT2D eigenvalue weighted by molar-refractivity contribution is 14.1. The zero-order valence-corrected chi connectivity index (χ0v) is 16.0. The lowest BCUT2D eigenvalue weighted by Gasteiger charge is -2.08. The number of hydrogen-bond donors (Lipinski definition) is 1. The van der Waals surface area contributed by atoms with Crippen LogP contribution < -0.4 is 5.32 Å². The number of carbonyl (C=O) groups excluding carboxylic acids is 2. The summed E-state index contributed by atoms with van der Waals surface area (Å²) in [5, 5.41) is 3.07. The number of benzene rings is 3. The number of Topliss-reactive ketones (excluding diaryl/α,β-unsaturated/α-hetero) is 2. The first-order chi connectivity index (χ1) is 12.6. The van der Waals surface area contributed by atoms with Crippen molar-refractivity contribution in [3.8, 4) is 0 Å². The van der Waals surface area contributed by atoms with Gasteiger partial charge in [0.05, 0.1) is 5.57 Å². The van der Waals surface area contributed by atoms with Crippen molar-refractivity contribution in [2.24, 2.45) is 0 Å². The maximum absolute atomic E-state index is 12.9. The van der Waals surface area contributed by atoms with E-state index in [0.29, 0.717) is 11.1 Å². The Morgan fingerprint density at radius 3 is 1.62 bits per heavy atom. The Hall–Kier alpha value is -2.73. The molecule has 3 rings (SSSR count). The Balaban J connectivity index is 1.95. The normalized spacial score (nSPS) is 10.0. The predicted octanol–water partition coefficient (Wildman–Crippen LogP) is 5.35. The summed E-state index contributed by atoms with van der Waals surface area (Å²) in [4.78, 5) is 25.8. The second kappa shape index (κ2) is 8.58. The Morgan fingerprint density at radius 2 is 1.15 bits per heavy atom. The molecule has 0 bridgehead atoms. The van der Waals surface area contributed by atoms with E-state index in [2.05, 4.69) is 27.9 Å². The van der Waals surface area contributed by atoms with Crippen LogP contribution in [0.25, 0.3) is 0 Å². The van der Waals surface area contributed by atoms with Crippen molar-refractivity contribution in [2.45, 2.75) is 0 Å². The van der Waals surface area contributed by atoms with E-state index >= 15 is 0 Å². The Kier molecular flexibility index (Phi) is 5.96. The van der Waals surface area contributed by atoms with E-state index in [0.717, 1.165) is 9.26 Å².